The summed E-state index contributed by atoms with van der Waals surface area (Å²) >= 11 is 0. The van der Waals surface area contributed by atoms with Gasteiger partial charge in [0.2, 0.25) is 0 Å². The predicted octanol–water partition coefficient (Wildman–Crippen LogP) is 1.46. The van der Waals surface area contributed by atoms with Crippen molar-refractivity contribution in [2.24, 2.45) is 5.16 Å². The van der Waals surface area contributed by atoms with E-state index < -0.39 is 23.9 Å². The van der Waals surface area contributed by atoms with Gasteiger partial charge in [-0.3, -0.25) is 9.88 Å². The summed E-state index contributed by atoms with van der Waals surface area (Å²) < 4.78 is 5.43. The zero-order valence-electron chi connectivity index (χ0n) is 18.4. The summed E-state index contributed by atoms with van der Waals surface area (Å²) in [5, 5.41) is 32.1. The number of cyclic esters (lactones) is 1. The van der Waals surface area contributed by atoms with E-state index in [-0.39, 0.29) is 32.2 Å². The van der Waals surface area contributed by atoms with E-state index in [1.54, 1.807) is 11.1 Å². The first-order chi connectivity index (χ1) is 16.3. The third-order valence-electron chi connectivity index (χ3n) is 6.57. The molecule has 0 radical (unpaired) electrons. The molecule has 3 aliphatic rings. The predicted molar refractivity (Wildman–Crippen MR) is 120 cm³/mol. The summed E-state index contributed by atoms with van der Waals surface area (Å²) in [7, 11) is 1.45. The average Bonchev–Trinajstić information content (AvgIpc) is 3.53. The van der Waals surface area contributed by atoms with Crippen molar-refractivity contribution in [3.63, 3.8) is 0 Å². The van der Waals surface area contributed by atoms with E-state index >= 15 is 0 Å². The van der Waals surface area contributed by atoms with Crippen molar-refractivity contribution in [3.8, 4) is 11.1 Å². The monoisotopic (exact) mass is 468 g/mol. The highest BCUT2D eigenvalue weighted by Crippen LogP contribution is 2.40. The standard InChI is InChI=1S/C23H24N4O7/c1-26(21(30)31)10-20-19-7-15-6-13(3-5-18(15)27(19)22(32)33-20)14-2-4-16(24-9-14)17-8-23(11-28,12-29)34-25-17/h2-6,9,19-20,28-29H,7-8,10-12H2,1H3,(H,30,31)/t19-,20-/m0/s1. The fraction of sp³-hybridized carbons (Fsp3) is 0.391. The maximum absolute atomic E-state index is 12.5. The number of aromatic nitrogens is 1. The molecule has 11 heteroatoms. The minimum Gasteiger partial charge on any atom is -0.465 e. The van der Waals surface area contributed by atoms with Crippen molar-refractivity contribution in [3.05, 3.63) is 47.8 Å². The molecule has 1 saturated heterocycles. The number of rotatable bonds is 6. The van der Waals surface area contributed by atoms with Crippen molar-refractivity contribution in [2.75, 3.05) is 31.7 Å². The number of anilines is 1. The van der Waals surface area contributed by atoms with Gasteiger partial charge in [0, 0.05) is 25.2 Å². The Kier molecular flexibility index (Phi) is 5.37. The molecule has 1 aromatic carbocycles. The van der Waals surface area contributed by atoms with Crippen LogP contribution in [-0.2, 0) is 16.0 Å². The topological polar surface area (TPSA) is 145 Å². The molecule has 2 amide bonds. The van der Waals surface area contributed by atoms with Crippen LogP contribution in [0.3, 0.4) is 0 Å². The zero-order chi connectivity index (χ0) is 24.0. The number of amides is 2. The van der Waals surface area contributed by atoms with Crippen LogP contribution in [0.2, 0.25) is 0 Å². The molecule has 0 aliphatic carbocycles. The van der Waals surface area contributed by atoms with Crippen molar-refractivity contribution in [2.45, 2.75) is 30.6 Å². The van der Waals surface area contributed by atoms with Gasteiger partial charge in [0.1, 0.15) is 11.8 Å². The second-order valence-electron chi connectivity index (χ2n) is 8.81. The number of nitrogens with zero attached hydrogens (tertiary/aromatic N) is 4. The third-order valence-corrected chi connectivity index (χ3v) is 6.57. The van der Waals surface area contributed by atoms with Crippen molar-refractivity contribution in [1.29, 1.82) is 0 Å². The number of carbonyl (C=O) groups excluding carboxylic acids is 1. The van der Waals surface area contributed by atoms with Gasteiger partial charge in [-0.2, -0.15) is 0 Å². The Balaban J connectivity index is 1.33. The summed E-state index contributed by atoms with van der Waals surface area (Å²) in [6.45, 7) is -0.582. The van der Waals surface area contributed by atoms with Crippen LogP contribution in [0.1, 0.15) is 17.7 Å². The first-order valence-electron chi connectivity index (χ1n) is 10.8. The summed E-state index contributed by atoms with van der Waals surface area (Å²) in [6, 6.07) is 9.24. The Labute approximate surface area is 194 Å². The second-order valence-corrected chi connectivity index (χ2v) is 8.81. The number of ether oxygens (including phenoxy) is 1. The third kappa shape index (κ3) is 3.62. The molecule has 178 valence electrons. The molecule has 11 nitrogen and oxygen atoms in total. The first-order valence-corrected chi connectivity index (χ1v) is 10.8. The number of oxime groups is 1. The number of benzene rings is 1. The number of fused-ring (bicyclic) bond motifs is 3. The molecule has 3 aliphatic heterocycles. The number of aliphatic hydroxyl groups excluding tert-OH is 2. The molecule has 2 aromatic rings. The van der Waals surface area contributed by atoms with Gasteiger partial charge in [0.05, 0.1) is 37.2 Å². The lowest BCUT2D eigenvalue weighted by Gasteiger charge is -2.21. The van der Waals surface area contributed by atoms with Crippen molar-refractivity contribution in [1.82, 2.24) is 9.88 Å². The van der Waals surface area contributed by atoms with E-state index in [0.29, 0.717) is 17.8 Å². The van der Waals surface area contributed by atoms with Crippen LogP contribution in [0.4, 0.5) is 15.3 Å². The zero-order valence-corrected chi connectivity index (χ0v) is 18.4. The number of aliphatic hydroxyl groups is 2. The maximum Gasteiger partial charge on any atom is 0.415 e. The van der Waals surface area contributed by atoms with Gasteiger partial charge in [-0.1, -0.05) is 17.3 Å². The number of hydrogen-bond donors (Lipinski definition) is 3. The van der Waals surface area contributed by atoms with Crippen molar-refractivity contribution < 1.29 is 34.5 Å². The van der Waals surface area contributed by atoms with E-state index in [9.17, 15) is 19.8 Å². The van der Waals surface area contributed by atoms with Crippen LogP contribution < -0.4 is 4.90 Å². The molecule has 5 rings (SSSR count). The van der Waals surface area contributed by atoms with Crippen LogP contribution in [0.25, 0.3) is 11.1 Å². The van der Waals surface area contributed by atoms with Gasteiger partial charge in [-0.15, -0.1) is 0 Å². The van der Waals surface area contributed by atoms with E-state index in [0.717, 1.165) is 27.3 Å². The molecule has 2 atom stereocenters. The Hall–Kier alpha value is -3.70. The normalized spacial score (nSPS) is 22.0. The highest BCUT2D eigenvalue weighted by Gasteiger charge is 2.48. The number of carboxylic acid groups (broad SMARTS) is 1. The summed E-state index contributed by atoms with van der Waals surface area (Å²) in [4.78, 5) is 36.1. The molecule has 0 saturated carbocycles. The number of pyridine rings is 1. The van der Waals surface area contributed by atoms with Crippen LogP contribution in [0.5, 0.6) is 0 Å². The van der Waals surface area contributed by atoms with E-state index in [1.807, 2.05) is 30.3 Å². The van der Waals surface area contributed by atoms with Gasteiger partial charge in [-0.25, -0.2) is 9.59 Å². The quantitative estimate of drug-likeness (QED) is 0.578. The van der Waals surface area contributed by atoms with Crippen LogP contribution in [0, 0.1) is 0 Å². The van der Waals surface area contributed by atoms with Gasteiger partial charge in [0.15, 0.2) is 5.60 Å². The van der Waals surface area contributed by atoms with E-state index in [2.05, 4.69) is 10.1 Å². The molecule has 0 spiro atoms. The lowest BCUT2D eigenvalue weighted by atomic mass is 9.97. The Morgan fingerprint density at radius 1 is 1.24 bits per heavy atom. The molecule has 3 N–H and O–H groups in total. The maximum atomic E-state index is 12.5. The fourth-order valence-electron chi connectivity index (χ4n) is 4.58. The van der Waals surface area contributed by atoms with E-state index in [1.165, 1.54) is 7.05 Å². The highest BCUT2D eigenvalue weighted by molar-refractivity contribution is 6.00. The van der Waals surface area contributed by atoms with Crippen LogP contribution in [0.15, 0.2) is 41.7 Å². The minimum absolute atomic E-state index is 0.107. The number of hydrogen-bond acceptors (Lipinski definition) is 8. The Bertz CT molecular complexity index is 1160. The average molecular weight is 468 g/mol. The van der Waals surface area contributed by atoms with Crippen LogP contribution >= 0.6 is 0 Å². The summed E-state index contributed by atoms with van der Waals surface area (Å²) in [5.41, 5.74) is 3.60. The fourth-order valence-corrected chi connectivity index (χ4v) is 4.58. The molecular formula is C23H24N4O7. The minimum atomic E-state index is -1.11. The molecule has 1 aromatic heterocycles. The lowest BCUT2D eigenvalue weighted by Crippen LogP contribution is -2.41. The largest absolute Gasteiger partial charge is 0.465 e. The van der Waals surface area contributed by atoms with Gasteiger partial charge >= 0.3 is 12.2 Å². The summed E-state index contributed by atoms with van der Waals surface area (Å²) in [6.07, 6.45) is 0.467. The number of carbonyl (C=O) groups is 2. The molecule has 34 heavy (non-hydrogen) atoms. The lowest BCUT2D eigenvalue weighted by molar-refractivity contribution is -0.0878. The number of likely N-dealkylation sites (N-methyl/N-ethyl adjacent to an activating group) is 1. The van der Waals surface area contributed by atoms with Crippen LogP contribution in [-0.4, -0.2) is 87.7 Å². The molecule has 4 heterocycles. The van der Waals surface area contributed by atoms with E-state index in [4.69, 9.17) is 14.7 Å². The highest BCUT2D eigenvalue weighted by atomic mass is 16.7. The van der Waals surface area contributed by atoms with Gasteiger partial charge in [0.25, 0.3) is 0 Å². The smallest absolute Gasteiger partial charge is 0.415 e. The molecule has 1 fully saturated rings. The molecule has 0 unspecified atom stereocenters. The first kappa shape index (κ1) is 22.1. The second kappa shape index (κ2) is 8.26. The van der Waals surface area contributed by atoms with Crippen molar-refractivity contribution >= 4 is 23.6 Å². The summed E-state index contributed by atoms with van der Waals surface area (Å²) in [5.74, 6) is 0. The Morgan fingerprint density at radius 2 is 2.00 bits per heavy atom. The SMILES string of the molecule is CN(C[C@@H]1OC(=O)N2c3ccc(-c4ccc(C5=NOC(CO)(CO)C5)nc4)cc3C[C@@H]12)C(=O)O. The Morgan fingerprint density at radius 3 is 2.65 bits per heavy atom. The molecule has 0 bridgehead atoms. The molecular weight excluding hydrogens is 444 g/mol. The van der Waals surface area contributed by atoms with Gasteiger partial charge < -0.3 is 29.8 Å². The van der Waals surface area contributed by atoms with Gasteiger partial charge in [-0.05, 0) is 35.7 Å².